The third kappa shape index (κ3) is 5.43. The molecule has 2 heterocycles. The average Bonchev–Trinajstić information content (AvgIpc) is 3.07. The Bertz CT molecular complexity index is 775. The zero-order valence-electron chi connectivity index (χ0n) is 15.9. The predicted octanol–water partition coefficient (Wildman–Crippen LogP) is 2.19. The van der Waals surface area contributed by atoms with Gasteiger partial charge >= 0.3 is 0 Å². The van der Waals surface area contributed by atoms with Crippen LogP contribution in [-0.2, 0) is 30.7 Å². The van der Waals surface area contributed by atoms with Crippen molar-refractivity contribution in [2.24, 2.45) is 4.99 Å². The number of aryl methyl sites for hydroxylation is 2. The second kappa shape index (κ2) is 9.71. The van der Waals surface area contributed by atoms with E-state index in [4.69, 9.17) is 16.3 Å². The summed E-state index contributed by atoms with van der Waals surface area (Å²) in [6.45, 7) is 2.07. The summed E-state index contributed by atoms with van der Waals surface area (Å²) in [6.07, 6.45) is 3.84. The molecule has 0 fully saturated rings. The van der Waals surface area contributed by atoms with Crippen LogP contribution in [0.1, 0.15) is 30.1 Å². The van der Waals surface area contributed by atoms with E-state index in [9.17, 15) is 0 Å². The van der Waals surface area contributed by atoms with E-state index in [1.54, 1.807) is 14.2 Å². The molecule has 27 heavy (non-hydrogen) atoms. The quantitative estimate of drug-likeness (QED) is 0.430. The predicted molar refractivity (Wildman–Crippen MR) is 107 cm³/mol. The van der Waals surface area contributed by atoms with Gasteiger partial charge in [-0.25, -0.2) is 9.67 Å². The molecule has 0 saturated heterocycles. The number of rotatable bonds is 7. The molecule has 1 aliphatic rings. The lowest BCUT2D eigenvalue weighted by atomic mass is 10.1. The van der Waals surface area contributed by atoms with Gasteiger partial charge in [0, 0.05) is 38.2 Å². The van der Waals surface area contributed by atoms with Crippen molar-refractivity contribution in [2.45, 2.75) is 44.9 Å². The smallest absolute Gasteiger partial charge is 0.191 e. The number of fused-ring (bicyclic) bond motifs is 1. The molecule has 7 nitrogen and oxygen atoms in total. The van der Waals surface area contributed by atoms with Crippen molar-refractivity contribution >= 4 is 17.6 Å². The van der Waals surface area contributed by atoms with Gasteiger partial charge in [0.1, 0.15) is 12.4 Å². The Kier molecular flexibility index (Phi) is 7.06. The van der Waals surface area contributed by atoms with E-state index in [0.717, 1.165) is 61.4 Å². The molecule has 2 N–H and O–H groups in total. The third-order valence-electron chi connectivity index (χ3n) is 4.61. The van der Waals surface area contributed by atoms with Crippen molar-refractivity contribution < 1.29 is 4.74 Å². The topological polar surface area (TPSA) is 76.4 Å². The van der Waals surface area contributed by atoms with Gasteiger partial charge in [-0.05, 0) is 30.9 Å². The highest BCUT2D eigenvalue weighted by Gasteiger charge is 2.22. The average molecular weight is 391 g/mol. The molecule has 0 radical (unpaired) electrons. The minimum atomic E-state index is 0.282. The SMILES string of the molecule is CN=C(NCCCc1ccccc1Cl)NC1CCc2nc(COC)nn2C1. The molecular formula is C19H27ClN6O. The molecule has 1 unspecified atom stereocenters. The van der Waals surface area contributed by atoms with Gasteiger partial charge in [-0.2, -0.15) is 5.10 Å². The van der Waals surface area contributed by atoms with Gasteiger partial charge in [-0.1, -0.05) is 29.8 Å². The van der Waals surface area contributed by atoms with Crippen LogP contribution >= 0.6 is 11.6 Å². The van der Waals surface area contributed by atoms with Crippen molar-refractivity contribution in [3.8, 4) is 0 Å². The van der Waals surface area contributed by atoms with Gasteiger partial charge in [0.2, 0.25) is 0 Å². The standard InChI is InChI=1S/C19H27ClN6O/c1-21-19(22-11-5-7-14-6-3-4-8-16(14)20)23-15-9-10-18-24-17(13-27-2)25-26(18)12-15/h3-4,6,8,15H,5,7,9-13H2,1-2H3,(H2,21,22,23). The number of nitrogens with one attached hydrogen (secondary N) is 2. The molecule has 146 valence electrons. The Morgan fingerprint density at radius 1 is 1.41 bits per heavy atom. The normalized spacial score (nSPS) is 16.9. The number of ether oxygens (including phenoxy) is 1. The lowest BCUT2D eigenvalue weighted by Gasteiger charge is -2.25. The van der Waals surface area contributed by atoms with Gasteiger partial charge < -0.3 is 15.4 Å². The molecule has 0 spiro atoms. The Balaban J connectivity index is 1.44. The van der Waals surface area contributed by atoms with Crippen LogP contribution in [0.3, 0.4) is 0 Å². The van der Waals surface area contributed by atoms with Crippen LogP contribution < -0.4 is 10.6 Å². The number of hydrogen-bond acceptors (Lipinski definition) is 4. The molecule has 2 aromatic rings. The molecule has 3 rings (SSSR count). The molecule has 0 saturated carbocycles. The van der Waals surface area contributed by atoms with E-state index in [1.807, 2.05) is 22.9 Å². The summed E-state index contributed by atoms with van der Waals surface area (Å²) >= 11 is 6.21. The van der Waals surface area contributed by atoms with Gasteiger partial charge in [0.05, 0.1) is 6.54 Å². The Morgan fingerprint density at radius 3 is 3.04 bits per heavy atom. The molecule has 1 atom stereocenters. The third-order valence-corrected chi connectivity index (χ3v) is 4.98. The van der Waals surface area contributed by atoms with Crippen LogP contribution in [0.15, 0.2) is 29.3 Å². The summed E-state index contributed by atoms with van der Waals surface area (Å²) in [6, 6.07) is 8.27. The van der Waals surface area contributed by atoms with E-state index in [1.165, 1.54) is 5.56 Å². The van der Waals surface area contributed by atoms with Crippen LogP contribution in [0.4, 0.5) is 0 Å². The number of benzene rings is 1. The molecule has 0 bridgehead atoms. The molecular weight excluding hydrogens is 364 g/mol. The molecule has 1 aromatic carbocycles. The number of hydrogen-bond donors (Lipinski definition) is 2. The van der Waals surface area contributed by atoms with Gasteiger partial charge in [0.15, 0.2) is 11.8 Å². The zero-order chi connectivity index (χ0) is 19.1. The first-order valence-electron chi connectivity index (χ1n) is 9.31. The van der Waals surface area contributed by atoms with E-state index in [-0.39, 0.29) is 6.04 Å². The maximum atomic E-state index is 6.21. The number of guanidine groups is 1. The summed E-state index contributed by atoms with van der Waals surface area (Å²) in [7, 11) is 3.45. The highest BCUT2D eigenvalue weighted by molar-refractivity contribution is 6.31. The minimum Gasteiger partial charge on any atom is -0.377 e. The van der Waals surface area contributed by atoms with E-state index >= 15 is 0 Å². The first-order chi connectivity index (χ1) is 13.2. The summed E-state index contributed by atoms with van der Waals surface area (Å²) in [5.41, 5.74) is 1.18. The number of methoxy groups -OCH3 is 1. The van der Waals surface area contributed by atoms with Crippen molar-refractivity contribution in [3.05, 3.63) is 46.5 Å². The number of aliphatic imine (C=N–C) groups is 1. The van der Waals surface area contributed by atoms with Crippen LogP contribution in [0.25, 0.3) is 0 Å². The Labute approximate surface area is 165 Å². The zero-order valence-corrected chi connectivity index (χ0v) is 16.7. The lowest BCUT2D eigenvalue weighted by Crippen LogP contribution is -2.47. The summed E-state index contributed by atoms with van der Waals surface area (Å²) in [5, 5.41) is 12.2. The fourth-order valence-corrected chi connectivity index (χ4v) is 3.47. The fourth-order valence-electron chi connectivity index (χ4n) is 3.24. The van der Waals surface area contributed by atoms with Crippen LogP contribution in [0.2, 0.25) is 5.02 Å². The maximum absolute atomic E-state index is 6.21. The number of nitrogens with zero attached hydrogens (tertiary/aromatic N) is 4. The first-order valence-corrected chi connectivity index (χ1v) is 9.69. The fraction of sp³-hybridized carbons (Fsp3) is 0.526. The summed E-state index contributed by atoms with van der Waals surface area (Å²) in [5.74, 6) is 2.60. The van der Waals surface area contributed by atoms with E-state index < -0.39 is 0 Å². The minimum absolute atomic E-state index is 0.282. The van der Waals surface area contributed by atoms with Gasteiger partial charge in [0.25, 0.3) is 0 Å². The van der Waals surface area contributed by atoms with Gasteiger partial charge in [-0.15, -0.1) is 0 Å². The largest absolute Gasteiger partial charge is 0.377 e. The highest BCUT2D eigenvalue weighted by atomic mass is 35.5. The molecule has 0 aliphatic carbocycles. The van der Waals surface area contributed by atoms with Crippen molar-refractivity contribution in [1.29, 1.82) is 0 Å². The Hall–Kier alpha value is -2.12. The van der Waals surface area contributed by atoms with Crippen molar-refractivity contribution in [2.75, 3.05) is 20.7 Å². The number of aromatic nitrogens is 3. The molecule has 1 aliphatic heterocycles. The second-order valence-electron chi connectivity index (χ2n) is 6.63. The summed E-state index contributed by atoms with van der Waals surface area (Å²) in [4.78, 5) is 8.85. The van der Waals surface area contributed by atoms with Crippen LogP contribution in [0.5, 0.6) is 0 Å². The summed E-state index contributed by atoms with van der Waals surface area (Å²) < 4.78 is 7.09. The highest BCUT2D eigenvalue weighted by Crippen LogP contribution is 2.16. The number of halogens is 1. The van der Waals surface area contributed by atoms with Crippen molar-refractivity contribution in [3.63, 3.8) is 0 Å². The maximum Gasteiger partial charge on any atom is 0.191 e. The lowest BCUT2D eigenvalue weighted by molar-refractivity contribution is 0.177. The van der Waals surface area contributed by atoms with Crippen LogP contribution in [0, 0.1) is 0 Å². The van der Waals surface area contributed by atoms with E-state index in [0.29, 0.717) is 6.61 Å². The molecule has 0 amide bonds. The molecule has 8 heteroatoms. The second-order valence-corrected chi connectivity index (χ2v) is 7.04. The Morgan fingerprint density at radius 2 is 2.26 bits per heavy atom. The monoisotopic (exact) mass is 390 g/mol. The van der Waals surface area contributed by atoms with Crippen molar-refractivity contribution in [1.82, 2.24) is 25.4 Å². The van der Waals surface area contributed by atoms with Gasteiger partial charge in [-0.3, -0.25) is 4.99 Å². The molecule has 1 aromatic heterocycles. The van der Waals surface area contributed by atoms with Crippen LogP contribution in [-0.4, -0.2) is 47.5 Å². The first kappa shape index (κ1) is 19.6. The van der Waals surface area contributed by atoms with E-state index in [2.05, 4.69) is 31.8 Å².